The zero-order valence-corrected chi connectivity index (χ0v) is 11.1. The van der Waals surface area contributed by atoms with E-state index in [-0.39, 0.29) is 11.8 Å². The number of halogens is 1. The lowest BCUT2D eigenvalue weighted by molar-refractivity contribution is -0.117. The number of fused-ring (bicyclic) bond motifs is 1. The molecule has 0 bridgehead atoms. The number of rotatable bonds is 5. The summed E-state index contributed by atoms with van der Waals surface area (Å²) in [6.45, 7) is 3.08. The highest BCUT2D eigenvalue weighted by atomic mass is 35.5. The molecule has 1 aliphatic heterocycles. The molecule has 2 N–H and O–H groups in total. The third kappa shape index (κ3) is 2.60. The van der Waals surface area contributed by atoms with Gasteiger partial charge >= 0.3 is 0 Å². The largest absolute Gasteiger partial charge is 0.390 e. The highest BCUT2D eigenvalue weighted by Crippen LogP contribution is 2.30. The molecule has 0 aromatic heterocycles. The second-order valence-electron chi connectivity index (χ2n) is 4.35. The molecular formula is C13H17ClN2O2. The van der Waals surface area contributed by atoms with E-state index >= 15 is 0 Å². The van der Waals surface area contributed by atoms with Crippen LogP contribution in [0.4, 0.5) is 11.4 Å². The smallest absolute Gasteiger partial charge is 0.231 e. The quantitative estimate of drug-likeness (QED) is 0.798. The molecule has 1 aromatic carbocycles. The van der Waals surface area contributed by atoms with Gasteiger partial charge < -0.3 is 15.3 Å². The van der Waals surface area contributed by atoms with Crippen LogP contribution in [-0.4, -0.2) is 36.1 Å². The molecular weight excluding hydrogens is 252 g/mol. The maximum absolute atomic E-state index is 11.7. The SMILES string of the molecule is CCN1C(=O)Cc2cc(NCC(O)CCl)ccc21. The molecule has 1 aliphatic rings. The Kier molecular flexibility index (Phi) is 4.09. The van der Waals surface area contributed by atoms with E-state index in [1.807, 2.05) is 25.1 Å². The standard InChI is InChI=1S/C13H17ClN2O2/c1-2-16-12-4-3-10(15-8-11(17)7-14)5-9(12)6-13(16)18/h3-5,11,15,17H,2,6-8H2,1H3. The van der Waals surface area contributed by atoms with E-state index in [9.17, 15) is 9.90 Å². The summed E-state index contributed by atoms with van der Waals surface area (Å²) in [7, 11) is 0. The topological polar surface area (TPSA) is 52.6 Å². The molecule has 0 spiro atoms. The number of aliphatic hydroxyl groups excluding tert-OH is 1. The first-order chi connectivity index (χ1) is 8.65. The van der Waals surface area contributed by atoms with E-state index in [0.29, 0.717) is 19.5 Å². The van der Waals surface area contributed by atoms with Gasteiger partial charge in [0.2, 0.25) is 5.91 Å². The number of alkyl halides is 1. The summed E-state index contributed by atoms with van der Waals surface area (Å²) in [5.74, 6) is 0.352. The highest BCUT2D eigenvalue weighted by molar-refractivity contribution is 6.18. The molecule has 1 amide bonds. The molecule has 0 radical (unpaired) electrons. The molecule has 2 rings (SSSR count). The van der Waals surface area contributed by atoms with Crippen molar-refractivity contribution in [3.8, 4) is 0 Å². The number of carbonyl (C=O) groups excluding carboxylic acids is 1. The van der Waals surface area contributed by atoms with Gasteiger partial charge in [-0.25, -0.2) is 0 Å². The highest BCUT2D eigenvalue weighted by Gasteiger charge is 2.25. The Morgan fingerprint density at radius 1 is 1.56 bits per heavy atom. The van der Waals surface area contributed by atoms with Crippen LogP contribution >= 0.6 is 11.6 Å². The van der Waals surface area contributed by atoms with Gasteiger partial charge in [-0.1, -0.05) is 0 Å². The molecule has 4 nitrogen and oxygen atoms in total. The Morgan fingerprint density at radius 2 is 2.33 bits per heavy atom. The molecule has 5 heteroatoms. The lowest BCUT2D eigenvalue weighted by Crippen LogP contribution is -2.25. The van der Waals surface area contributed by atoms with Gasteiger partial charge in [0.05, 0.1) is 18.4 Å². The minimum Gasteiger partial charge on any atom is -0.390 e. The Labute approximate surface area is 112 Å². The number of hydrogen-bond acceptors (Lipinski definition) is 3. The number of likely N-dealkylation sites (N-methyl/N-ethyl adjacent to an activating group) is 1. The Balaban J connectivity index is 2.10. The van der Waals surface area contributed by atoms with E-state index in [0.717, 1.165) is 16.9 Å². The van der Waals surface area contributed by atoms with E-state index in [1.165, 1.54) is 0 Å². The van der Waals surface area contributed by atoms with E-state index in [4.69, 9.17) is 11.6 Å². The summed E-state index contributed by atoms with van der Waals surface area (Å²) in [5.41, 5.74) is 2.93. The summed E-state index contributed by atoms with van der Waals surface area (Å²) in [4.78, 5) is 13.5. The van der Waals surface area contributed by atoms with Crippen LogP contribution in [0.15, 0.2) is 18.2 Å². The van der Waals surface area contributed by atoms with Crippen molar-refractivity contribution < 1.29 is 9.90 Å². The molecule has 1 unspecified atom stereocenters. The predicted molar refractivity (Wildman–Crippen MR) is 73.4 cm³/mol. The van der Waals surface area contributed by atoms with Crippen molar-refractivity contribution in [1.29, 1.82) is 0 Å². The van der Waals surface area contributed by atoms with Crippen molar-refractivity contribution >= 4 is 28.9 Å². The number of nitrogens with zero attached hydrogens (tertiary/aromatic N) is 1. The zero-order valence-electron chi connectivity index (χ0n) is 10.3. The maximum Gasteiger partial charge on any atom is 0.231 e. The van der Waals surface area contributed by atoms with Crippen LogP contribution in [0.25, 0.3) is 0 Å². The lowest BCUT2D eigenvalue weighted by atomic mass is 10.1. The molecule has 0 aliphatic carbocycles. The van der Waals surface area contributed by atoms with Crippen LogP contribution in [-0.2, 0) is 11.2 Å². The van der Waals surface area contributed by atoms with Gasteiger partial charge in [0, 0.05) is 24.5 Å². The second kappa shape index (κ2) is 5.59. The van der Waals surface area contributed by atoms with Crippen LogP contribution in [0, 0.1) is 0 Å². The number of anilines is 2. The number of carbonyl (C=O) groups is 1. The van der Waals surface area contributed by atoms with Crippen LogP contribution in [0.2, 0.25) is 0 Å². The maximum atomic E-state index is 11.7. The summed E-state index contributed by atoms with van der Waals surface area (Å²) in [5, 5.41) is 12.5. The van der Waals surface area contributed by atoms with Crippen molar-refractivity contribution in [3.05, 3.63) is 23.8 Å². The first kappa shape index (κ1) is 13.2. The Bertz CT molecular complexity index is 451. The van der Waals surface area contributed by atoms with Crippen LogP contribution < -0.4 is 10.2 Å². The van der Waals surface area contributed by atoms with Crippen molar-refractivity contribution in [1.82, 2.24) is 0 Å². The summed E-state index contributed by atoms with van der Waals surface area (Å²) >= 11 is 5.53. The molecule has 1 heterocycles. The van der Waals surface area contributed by atoms with Gasteiger partial charge in [0.1, 0.15) is 0 Å². The van der Waals surface area contributed by atoms with Gasteiger partial charge in [-0.05, 0) is 30.7 Å². The summed E-state index contributed by atoms with van der Waals surface area (Å²) < 4.78 is 0. The lowest BCUT2D eigenvalue weighted by Gasteiger charge is -2.15. The van der Waals surface area contributed by atoms with E-state index in [1.54, 1.807) is 4.90 Å². The molecule has 98 valence electrons. The molecule has 1 aromatic rings. The average molecular weight is 269 g/mol. The number of amides is 1. The van der Waals surface area contributed by atoms with Crippen molar-refractivity contribution in [2.45, 2.75) is 19.4 Å². The van der Waals surface area contributed by atoms with Crippen molar-refractivity contribution in [3.63, 3.8) is 0 Å². The molecule has 0 saturated carbocycles. The van der Waals surface area contributed by atoms with Gasteiger partial charge in [0.25, 0.3) is 0 Å². The monoisotopic (exact) mass is 268 g/mol. The number of hydrogen-bond donors (Lipinski definition) is 2. The molecule has 0 fully saturated rings. The molecule has 0 saturated heterocycles. The van der Waals surface area contributed by atoms with E-state index < -0.39 is 6.10 Å². The van der Waals surface area contributed by atoms with Crippen molar-refractivity contribution in [2.75, 3.05) is 29.2 Å². The van der Waals surface area contributed by atoms with Crippen LogP contribution in [0.3, 0.4) is 0 Å². The summed E-state index contributed by atoms with van der Waals surface area (Å²) in [6, 6.07) is 5.82. The average Bonchev–Trinajstić information content (AvgIpc) is 2.70. The fourth-order valence-electron chi connectivity index (χ4n) is 2.13. The van der Waals surface area contributed by atoms with E-state index in [2.05, 4.69) is 5.32 Å². The first-order valence-electron chi connectivity index (χ1n) is 6.07. The van der Waals surface area contributed by atoms with Crippen molar-refractivity contribution in [2.24, 2.45) is 0 Å². The predicted octanol–water partition coefficient (Wildman–Crippen LogP) is 1.61. The Morgan fingerprint density at radius 3 is 3.00 bits per heavy atom. The zero-order chi connectivity index (χ0) is 13.1. The van der Waals surface area contributed by atoms with Gasteiger partial charge in [-0.15, -0.1) is 11.6 Å². The third-order valence-electron chi connectivity index (χ3n) is 3.05. The number of nitrogens with one attached hydrogen (secondary N) is 1. The summed E-state index contributed by atoms with van der Waals surface area (Å²) in [6.07, 6.45) is -0.106. The first-order valence-corrected chi connectivity index (χ1v) is 6.60. The fraction of sp³-hybridized carbons (Fsp3) is 0.462. The fourth-order valence-corrected chi connectivity index (χ4v) is 2.24. The number of benzene rings is 1. The normalized spacial score (nSPS) is 15.7. The van der Waals surface area contributed by atoms with Gasteiger partial charge in [-0.2, -0.15) is 0 Å². The second-order valence-corrected chi connectivity index (χ2v) is 4.66. The minimum atomic E-state index is -0.561. The van der Waals surface area contributed by atoms with Crippen LogP contribution in [0.1, 0.15) is 12.5 Å². The molecule has 1 atom stereocenters. The Hall–Kier alpha value is -1.26. The third-order valence-corrected chi connectivity index (χ3v) is 3.41. The molecule has 18 heavy (non-hydrogen) atoms. The van der Waals surface area contributed by atoms with Gasteiger partial charge in [0.15, 0.2) is 0 Å². The number of aliphatic hydroxyl groups is 1. The minimum absolute atomic E-state index is 0.144. The van der Waals surface area contributed by atoms with Crippen LogP contribution in [0.5, 0.6) is 0 Å². The van der Waals surface area contributed by atoms with Gasteiger partial charge in [-0.3, -0.25) is 4.79 Å².